The molecule has 0 heterocycles. The number of ether oxygens (including phenoxy) is 1. The standard InChI is InChI=1S/C19H20ClF3N2O2/c1-11(2)13-4-7-15(8-5-13)27-12(3)24-18(26)25-17-9-6-14(20)10-16(17)19(21,22)23/h4-12H,1-3H3,(H2,24,25,26). The smallest absolute Gasteiger partial charge is 0.418 e. The lowest BCUT2D eigenvalue weighted by Gasteiger charge is -2.19. The van der Waals surface area contributed by atoms with Crippen LogP contribution in [-0.2, 0) is 6.18 Å². The Labute approximate surface area is 160 Å². The predicted octanol–water partition coefficient (Wildman–Crippen LogP) is 6.03. The summed E-state index contributed by atoms with van der Waals surface area (Å²) in [7, 11) is 0. The molecule has 27 heavy (non-hydrogen) atoms. The van der Waals surface area contributed by atoms with E-state index in [2.05, 4.69) is 24.5 Å². The van der Waals surface area contributed by atoms with Crippen LogP contribution in [0.1, 0.15) is 37.8 Å². The molecule has 0 saturated carbocycles. The molecule has 1 atom stereocenters. The van der Waals surface area contributed by atoms with Gasteiger partial charge in [0, 0.05) is 5.02 Å². The molecule has 2 amide bonds. The summed E-state index contributed by atoms with van der Waals surface area (Å²) in [6.45, 7) is 5.70. The minimum atomic E-state index is -4.65. The summed E-state index contributed by atoms with van der Waals surface area (Å²) in [5.41, 5.74) is -0.274. The monoisotopic (exact) mass is 400 g/mol. The molecule has 0 aliphatic rings. The van der Waals surface area contributed by atoms with Crippen LogP contribution in [0.4, 0.5) is 23.7 Å². The van der Waals surface area contributed by atoms with Crippen molar-refractivity contribution < 1.29 is 22.7 Å². The van der Waals surface area contributed by atoms with Crippen molar-refractivity contribution in [3.05, 3.63) is 58.6 Å². The van der Waals surface area contributed by atoms with Gasteiger partial charge in [0.15, 0.2) is 6.23 Å². The zero-order chi connectivity index (χ0) is 20.2. The van der Waals surface area contributed by atoms with Gasteiger partial charge in [0.2, 0.25) is 0 Å². The van der Waals surface area contributed by atoms with Crippen molar-refractivity contribution in [2.75, 3.05) is 5.32 Å². The van der Waals surface area contributed by atoms with Gasteiger partial charge < -0.3 is 15.4 Å². The zero-order valence-electron chi connectivity index (χ0n) is 15.0. The fourth-order valence-corrected chi connectivity index (χ4v) is 2.54. The third kappa shape index (κ3) is 6.06. The van der Waals surface area contributed by atoms with Crippen molar-refractivity contribution in [2.45, 2.75) is 39.1 Å². The normalized spacial score (nSPS) is 12.6. The summed E-state index contributed by atoms with van der Waals surface area (Å²) in [6.07, 6.45) is -5.40. The SMILES string of the molecule is CC(NC(=O)Nc1ccc(Cl)cc1C(F)(F)F)Oc1ccc(C(C)C)cc1. The van der Waals surface area contributed by atoms with E-state index in [-0.39, 0.29) is 5.02 Å². The van der Waals surface area contributed by atoms with E-state index in [1.54, 1.807) is 19.1 Å². The number of nitrogens with one attached hydrogen (secondary N) is 2. The van der Waals surface area contributed by atoms with E-state index in [1.807, 2.05) is 12.1 Å². The number of carbonyl (C=O) groups excluding carboxylic acids is 1. The highest BCUT2D eigenvalue weighted by Crippen LogP contribution is 2.36. The third-order valence-corrected chi connectivity index (χ3v) is 3.96. The average molecular weight is 401 g/mol. The molecule has 0 spiro atoms. The first-order valence-corrected chi connectivity index (χ1v) is 8.65. The van der Waals surface area contributed by atoms with Gasteiger partial charge in [-0.15, -0.1) is 0 Å². The van der Waals surface area contributed by atoms with Crippen molar-refractivity contribution in [3.8, 4) is 5.75 Å². The summed E-state index contributed by atoms with van der Waals surface area (Å²) < 4.78 is 44.7. The van der Waals surface area contributed by atoms with Crippen molar-refractivity contribution in [1.82, 2.24) is 5.32 Å². The number of benzene rings is 2. The molecule has 4 nitrogen and oxygen atoms in total. The van der Waals surface area contributed by atoms with E-state index in [1.165, 1.54) is 6.07 Å². The number of alkyl halides is 3. The molecule has 0 fully saturated rings. The first-order chi connectivity index (χ1) is 12.6. The lowest BCUT2D eigenvalue weighted by molar-refractivity contribution is -0.136. The van der Waals surface area contributed by atoms with E-state index in [0.717, 1.165) is 17.7 Å². The molecule has 0 aliphatic heterocycles. The fraction of sp³-hybridized carbons (Fsp3) is 0.316. The number of hydrogen-bond acceptors (Lipinski definition) is 2. The maximum absolute atomic E-state index is 13.1. The van der Waals surface area contributed by atoms with Gasteiger partial charge in [0.25, 0.3) is 0 Å². The van der Waals surface area contributed by atoms with Crippen LogP contribution in [0.25, 0.3) is 0 Å². The second kappa shape index (κ2) is 8.52. The topological polar surface area (TPSA) is 50.4 Å². The van der Waals surface area contributed by atoms with Gasteiger partial charge in [-0.05, 0) is 48.7 Å². The van der Waals surface area contributed by atoms with Gasteiger partial charge in [-0.2, -0.15) is 13.2 Å². The summed E-state index contributed by atoms with van der Waals surface area (Å²) in [5, 5.41) is 4.54. The third-order valence-electron chi connectivity index (χ3n) is 3.73. The van der Waals surface area contributed by atoms with E-state index in [4.69, 9.17) is 16.3 Å². The molecule has 2 N–H and O–H groups in total. The quantitative estimate of drug-likeness (QED) is 0.602. The van der Waals surface area contributed by atoms with E-state index >= 15 is 0 Å². The Morgan fingerprint density at radius 2 is 1.70 bits per heavy atom. The van der Waals surface area contributed by atoms with Crippen molar-refractivity contribution in [2.24, 2.45) is 0 Å². The molecule has 1 unspecified atom stereocenters. The van der Waals surface area contributed by atoms with E-state index in [9.17, 15) is 18.0 Å². The highest BCUT2D eigenvalue weighted by molar-refractivity contribution is 6.30. The van der Waals surface area contributed by atoms with Crippen molar-refractivity contribution >= 4 is 23.3 Å². The number of urea groups is 1. The van der Waals surface area contributed by atoms with Crippen LogP contribution in [0, 0.1) is 0 Å². The number of anilines is 1. The number of halogens is 4. The van der Waals surface area contributed by atoms with Crippen LogP contribution in [0.5, 0.6) is 5.75 Å². The Bertz CT molecular complexity index is 793. The lowest BCUT2D eigenvalue weighted by atomic mass is 10.0. The number of rotatable bonds is 5. The first kappa shape index (κ1) is 20.9. The molecule has 8 heteroatoms. The zero-order valence-corrected chi connectivity index (χ0v) is 15.8. The highest BCUT2D eigenvalue weighted by atomic mass is 35.5. The second-order valence-corrected chi connectivity index (χ2v) is 6.71. The highest BCUT2D eigenvalue weighted by Gasteiger charge is 2.34. The van der Waals surface area contributed by atoms with Gasteiger partial charge in [-0.3, -0.25) is 0 Å². The fourth-order valence-electron chi connectivity index (χ4n) is 2.37. The van der Waals surface area contributed by atoms with Crippen LogP contribution in [0.2, 0.25) is 5.02 Å². The van der Waals surface area contributed by atoms with Crippen LogP contribution in [-0.4, -0.2) is 12.3 Å². The number of hydrogen-bond donors (Lipinski definition) is 2. The maximum Gasteiger partial charge on any atom is 0.418 e. The molecule has 0 radical (unpaired) electrons. The van der Waals surface area contributed by atoms with E-state index < -0.39 is 29.7 Å². The average Bonchev–Trinajstić information content (AvgIpc) is 2.55. The summed E-state index contributed by atoms with van der Waals surface area (Å²) in [6, 6.07) is 9.66. The summed E-state index contributed by atoms with van der Waals surface area (Å²) >= 11 is 5.62. The van der Waals surface area contributed by atoms with Crippen LogP contribution >= 0.6 is 11.6 Å². The number of carbonyl (C=O) groups is 1. The Hall–Kier alpha value is -2.41. The molecule has 0 aromatic heterocycles. The van der Waals surface area contributed by atoms with Gasteiger partial charge in [0.05, 0.1) is 11.3 Å². The second-order valence-electron chi connectivity index (χ2n) is 6.27. The van der Waals surface area contributed by atoms with Crippen LogP contribution < -0.4 is 15.4 Å². The Balaban J connectivity index is 1.99. The molecular weight excluding hydrogens is 381 g/mol. The van der Waals surface area contributed by atoms with Gasteiger partial charge >= 0.3 is 12.2 Å². The molecule has 146 valence electrons. The van der Waals surface area contributed by atoms with E-state index in [0.29, 0.717) is 11.7 Å². The summed E-state index contributed by atoms with van der Waals surface area (Å²) in [4.78, 5) is 12.0. The Morgan fingerprint density at radius 1 is 1.07 bits per heavy atom. The minimum Gasteiger partial charge on any atom is -0.471 e. The van der Waals surface area contributed by atoms with Crippen LogP contribution in [0.15, 0.2) is 42.5 Å². The van der Waals surface area contributed by atoms with Crippen molar-refractivity contribution in [3.63, 3.8) is 0 Å². The molecule has 2 aromatic carbocycles. The minimum absolute atomic E-state index is 0.0742. The Morgan fingerprint density at radius 3 is 2.26 bits per heavy atom. The molecule has 2 rings (SSSR count). The molecule has 0 saturated heterocycles. The van der Waals surface area contributed by atoms with Gasteiger partial charge in [-0.25, -0.2) is 4.79 Å². The largest absolute Gasteiger partial charge is 0.471 e. The Kier molecular flexibility index (Phi) is 6.59. The lowest BCUT2D eigenvalue weighted by Crippen LogP contribution is -2.39. The number of amides is 2. The molecule has 0 aliphatic carbocycles. The van der Waals surface area contributed by atoms with Crippen molar-refractivity contribution in [1.29, 1.82) is 0 Å². The first-order valence-electron chi connectivity index (χ1n) is 8.27. The molecule has 2 aromatic rings. The maximum atomic E-state index is 13.1. The van der Waals surface area contributed by atoms with Gasteiger partial charge in [0.1, 0.15) is 5.75 Å². The molecule has 0 bridgehead atoms. The summed E-state index contributed by atoms with van der Waals surface area (Å²) in [5.74, 6) is 0.914. The van der Waals surface area contributed by atoms with Gasteiger partial charge in [-0.1, -0.05) is 37.6 Å². The van der Waals surface area contributed by atoms with Crippen LogP contribution in [0.3, 0.4) is 0 Å². The molecular formula is C19H20ClF3N2O2. The predicted molar refractivity (Wildman–Crippen MR) is 99.2 cm³/mol.